The summed E-state index contributed by atoms with van der Waals surface area (Å²) in [5, 5.41) is 21.8. The number of hydrogen-bond donors (Lipinski definition) is 3. The van der Waals surface area contributed by atoms with Crippen LogP contribution in [0.5, 0.6) is 0 Å². The summed E-state index contributed by atoms with van der Waals surface area (Å²) in [5.74, 6) is -0.654. The van der Waals surface area contributed by atoms with Crippen molar-refractivity contribution in [3.63, 3.8) is 0 Å². The van der Waals surface area contributed by atoms with Gasteiger partial charge in [0.05, 0.1) is 27.9 Å². The van der Waals surface area contributed by atoms with Crippen molar-refractivity contribution in [1.82, 2.24) is 29.9 Å². The van der Waals surface area contributed by atoms with E-state index in [0.717, 1.165) is 75.7 Å². The van der Waals surface area contributed by atoms with Crippen LogP contribution in [0.15, 0.2) is 54.7 Å². The molecular formula is C42H46ClF3N8O5. The van der Waals surface area contributed by atoms with E-state index >= 15 is 0 Å². The maximum atomic E-state index is 13.5. The Bertz CT molecular complexity index is 2300. The van der Waals surface area contributed by atoms with Gasteiger partial charge in [-0.3, -0.25) is 29.3 Å². The van der Waals surface area contributed by atoms with Crippen molar-refractivity contribution in [1.29, 1.82) is 0 Å². The predicted molar refractivity (Wildman–Crippen MR) is 214 cm³/mol. The average molecular weight is 835 g/mol. The van der Waals surface area contributed by atoms with Crippen LogP contribution in [0.25, 0.3) is 10.9 Å². The minimum Gasteiger partial charge on any atom is -0.386 e. The number of nitrogens with zero attached hydrogens (tertiary/aromatic N) is 6. The molecule has 4 fully saturated rings. The van der Waals surface area contributed by atoms with Crippen LogP contribution in [-0.2, 0) is 16.6 Å². The first-order valence-corrected chi connectivity index (χ1v) is 20.4. The molecule has 1 aliphatic carbocycles. The molecule has 5 heterocycles. The van der Waals surface area contributed by atoms with Crippen molar-refractivity contribution in [3.8, 4) is 0 Å². The van der Waals surface area contributed by atoms with Gasteiger partial charge in [-0.15, -0.1) is 0 Å². The molecule has 0 radical (unpaired) electrons. The number of imide groups is 1. The first-order chi connectivity index (χ1) is 27.9. The van der Waals surface area contributed by atoms with Gasteiger partial charge in [0, 0.05) is 74.1 Å². The molecule has 3 aliphatic heterocycles. The number of urea groups is 1. The molecule has 3 N–H and O–H groups in total. The van der Waals surface area contributed by atoms with E-state index in [2.05, 4.69) is 20.5 Å². The fourth-order valence-electron chi connectivity index (χ4n) is 9.24. The van der Waals surface area contributed by atoms with Gasteiger partial charge in [0.1, 0.15) is 11.4 Å². The fraction of sp³-hybridized carbons (Fsp3) is 0.476. The monoisotopic (exact) mass is 834 g/mol. The average Bonchev–Trinajstić information content (AvgIpc) is 3.60. The van der Waals surface area contributed by atoms with Crippen molar-refractivity contribution in [2.24, 2.45) is 11.3 Å². The number of fused-ring (bicyclic) bond motifs is 1. The molecular weight excluding hydrogens is 789 g/mol. The first-order valence-electron chi connectivity index (χ1n) is 20.0. The van der Waals surface area contributed by atoms with E-state index in [4.69, 9.17) is 16.7 Å². The highest BCUT2D eigenvalue weighted by molar-refractivity contribution is 6.34. The first kappa shape index (κ1) is 40.7. The van der Waals surface area contributed by atoms with Gasteiger partial charge in [0.25, 0.3) is 11.8 Å². The number of carbonyl (C=O) groups excluding carboxylic acids is 4. The zero-order chi connectivity index (χ0) is 41.9. The lowest BCUT2D eigenvalue weighted by Crippen LogP contribution is -2.51. The summed E-state index contributed by atoms with van der Waals surface area (Å²) >= 11 is 6.40. The number of likely N-dealkylation sites (tertiary alicyclic amines) is 2. The number of piperidine rings is 2. The molecule has 8 rings (SSSR count). The maximum absolute atomic E-state index is 13.5. The van der Waals surface area contributed by atoms with Gasteiger partial charge in [0.2, 0.25) is 5.91 Å². The van der Waals surface area contributed by atoms with E-state index in [-0.39, 0.29) is 41.9 Å². The number of nitrogens with one attached hydrogen (secondary N) is 2. The van der Waals surface area contributed by atoms with Crippen molar-refractivity contribution < 1.29 is 37.5 Å². The number of halogens is 4. The minimum atomic E-state index is -4.70. The predicted octanol–water partition coefficient (Wildman–Crippen LogP) is 7.00. The third kappa shape index (κ3) is 8.53. The van der Waals surface area contributed by atoms with E-state index in [9.17, 15) is 37.5 Å². The van der Waals surface area contributed by atoms with Crippen LogP contribution in [0.1, 0.15) is 96.9 Å². The van der Waals surface area contributed by atoms with Gasteiger partial charge in [-0.1, -0.05) is 17.7 Å². The zero-order valence-corrected chi connectivity index (χ0v) is 33.6. The second kappa shape index (κ2) is 15.5. The molecule has 1 spiro atoms. The summed E-state index contributed by atoms with van der Waals surface area (Å²) < 4.78 is 41.7. The number of rotatable bonds is 8. The Morgan fingerprint density at radius 3 is 2.41 bits per heavy atom. The maximum Gasteiger partial charge on any atom is 0.433 e. The van der Waals surface area contributed by atoms with Crippen LogP contribution >= 0.6 is 11.6 Å². The lowest BCUT2D eigenvalue weighted by Gasteiger charge is -2.53. The third-order valence-electron chi connectivity index (χ3n) is 12.4. The van der Waals surface area contributed by atoms with Crippen molar-refractivity contribution >= 4 is 57.6 Å². The molecule has 312 valence electrons. The van der Waals surface area contributed by atoms with E-state index in [0.29, 0.717) is 46.4 Å². The zero-order valence-electron chi connectivity index (χ0n) is 32.8. The minimum absolute atomic E-state index is 0.0912. The van der Waals surface area contributed by atoms with Crippen LogP contribution in [0.2, 0.25) is 5.02 Å². The van der Waals surface area contributed by atoms with Crippen LogP contribution in [0, 0.1) is 11.3 Å². The highest BCUT2D eigenvalue weighted by Crippen LogP contribution is 2.53. The summed E-state index contributed by atoms with van der Waals surface area (Å²) in [6.45, 7) is 7.55. The van der Waals surface area contributed by atoms with Gasteiger partial charge in [-0.2, -0.15) is 18.3 Å². The van der Waals surface area contributed by atoms with Crippen LogP contribution in [-0.4, -0.2) is 92.7 Å². The normalized spacial score (nSPS) is 19.6. The number of amides is 5. The second-order valence-electron chi connectivity index (χ2n) is 17.0. The van der Waals surface area contributed by atoms with Crippen LogP contribution in [0.3, 0.4) is 0 Å². The topological polar surface area (TPSA) is 153 Å². The van der Waals surface area contributed by atoms with Crippen molar-refractivity contribution in [3.05, 3.63) is 82.3 Å². The number of hydrogen-bond acceptors (Lipinski definition) is 8. The molecule has 2 aromatic heterocycles. The number of alkyl halides is 3. The molecule has 0 unspecified atom stereocenters. The third-order valence-corrected chi connectivity index (χ3v) is 12.7. The Balaban J connectivity index is 0.833. The Hall–Kier alpha value is -5.06. The second-order valence-corrected chi connectivity index (χ2v) is 17.4. The largest absolute Gasteiger partial charge is 0.433 e. The van der Waals surface area contributed by atoms with Gasteiger partial charge < -0.3 is 20.2 Å². The number of benzene rings is 2. The summed E-state index contributed by atoms with van der Waals surface area (Å²) in [4.78, 5) is 60.0. The smallest absolute Gasteiger partial charge is 0.386 e. The highest BCUT2D eigenvalue weighted by atomic mass is 35.5. The summed E-state index contributed by atoms with van der Waals surface area (Å²) in [7, 11) is 0. The molecule has 2 aromatic carbocycles. The van der Waals surface area contributed by atoms with E-state index in [1.807, 2.05) is 15.8 Å². The van der Waals surface area contributed by atoms with Crippen molar-refractivity contribution in [2.45, 2.75) is 76.6 Å². The summed E-state index contributed by atoms with van der Waals surface area (Å²) in [5.41, 5.74) is -0.541. The van der Waals surface area contributed by atoms with Gasteiger partial charge in [0.15, 0.2) is 0 Å². The summed E-state index contributed by atoms with van der Waals surface area (Å²) in [6.07, 6.45) is 3.36. The molecule has 3 saturated heterocycles. The number of aromatic nitrogens is 3. The molecule has 0 bridgehead atoms. The van der Waals surface area contributed by atoms with Gasteiger partial charge in [-0.05, 0) is 106 Å². The number of anilines is 2. The van der Waals surface area contributed by atoms with Gasteiger partial charge in [-0.25, -0.2) is 9.78 Å². The lowest BCUT2D eigenvalue weighted by molar-refractivity contribution is -0.141. The van der Waals surface area contributed by atoms with E-state index in [1.165, 1.54) is 11.0 Å². The molecule has 5 amide bonds. The molecule has 59 heavy (non-hydrogen) atoms. The molecule has 1 saturated carbocycles. The number of pyridine rings is 1. The lowest BCUT2D eigenvalue weighted by atomic mass is 9.57. The van der Waals surface area contributed by atoms with Crippen LogP contribution in [0.4, 0.5) is 29.3 Å². The fourth-order valence-corrected chi connectivity index (χ4v) is 9.46. The molecule has 17 heteroatoms. The van der Waals surface area contributed by atoms with Gasteiger partial charge >= 0.3 is 12.2 Å². The quantitative estimate of drug-likeness (QED) is 0.172. The molecule has 4 aromatic rings. The van der Waals surface area contributed by atoms with E-state index in [1.54, 1.807) is 44.2 Å². The van der Waals surface area contributed by atoms with E-state index < -0.39 is 35.1 Å². The molecule has 4 aliphatic rings. The molecule has 13 nitrogen and oxygen atoms in total. The standard InChI is InChI=1S/C42H46ClF3N8O5/c1-40(2,59)29-20-32-27(18-33(29)48-37(56)31-4-3-5-35(47-31)42(44,45)46)24-54(50-32)28-8-13-51(14-9-28)23-25-21-41(22-25)11-16-52(17-12-41)38(57)26-6-7-30(43)34(19-26)53-15-10-36(55)49-39(53)58/h3-7,18-20,24-25,28,59H,8-17,21-23H2,1-2H3,(H,48,56)(H,49,55,58). The Morgan fingerprint density at radius 1 is 1.00 bits per heavy atom. The molecule has 0 atom stereocenters. The SMILES string of the molecule is CC(C)(O)c1cc2nn(C3CCN(CC4CC5(CCN(C(=O)c6ccc(Cl)c(N7CCC(=O)NC7=O)c6)CC5)C4)CC3)cc2cc1NC(=O)c1cccc(C(F)(F)F)n1. The highest BCUT2D eigenvalue weighted by Gasteiger charge is 2.47. The Morgan fingerprint density at radius 2 is 1.73 bits per heavy atom. The number of aliphatic hydroxyl groups is 1. The van der Waals surface area contributed by atoms with Crippen molar-refractivity contribution in [2.75, 3.05) is 49.5 Å². The Labute approximate surface area is 343 Å². The van der Waals surface area contributed by atoms with Crippen LogP contribution < -0.4 is 15.5 Å². The number of carbonyl (C=O) groups is 4. The summed E-state index contributed by atoms with van der Waals surface area (Å²) in [6, 6.07) is 11.1. The Kier molecular flexibility index (Phi) is 10.7.